The lowest BCUT2D eigenvalue weighted by atomic mass is 10.2. The van der Waals surface area contributed by atoms with Crippen molar-refractivity contribution in [1.82, 2.24) is 24.6 Å². The van der Waals surface area contributed by atoms with Crippen molar-refractivity contribution in [3.8, 4) is 0 Å². The van der Waals surface area contributed by atoms with Crippen LogP contribution in [0, 0.1) is 6.92 Å². The number of aromatic nitrogens is 4. The van der Waals surface area contributed by atoms with Crippen LogP contribution in [0.3, 0.4) is 0 Å². The molecule has 0 fully saturated rings. The van der Waals surface area contributed by atoms with Crippen LogP contribution in [0.15, 0.2) is 54.6 Å². The molecule has 0 bridgehead atoms. The minimum absolute atomic E-state index is 0.216. The number of nitrogens with zero attached hydrogens (tertiary/aromatic N) is 4. The van der Waals surface area contributed by atoms with E-state index in [2.05, 4.69) is 20.7 Å². The minimum Gasteiger partial charge on any atom is -0.445 e. The number of hydrogen-bond donors (Lipinski definition) is 3. The monoisotopic (exact) mass is 475 g/mol. The van der Waals surface area contributed by atoms with Gasteiger partial charge < -0.3 is 25.7 Å². The van der Waals surface area contributed by atoms with E-state index in [-0.39, 0.29) is 6.61 Å². The van der Waals surface area contributed by atoms with E-state index in [9.17, 15) is 9.59 Å². The number of amides is 2. The van der Waals surface area contributed by atoms with Crippen LogP contribution >= 0.6 is 0 Å². The zero-order chi connectivity index (χ0) is 24.8. The van der Waals surface area contributed by atoms with E-state index in [4.69, 9.17) is 10.5 Å². The number of fused-ring (bicyclic) bond motifs is 1. The molecule has 0 atom stereocenters. The lowest BCUT2D eigenvalue weighted by Crippen LogP contribution is -2.26. The average Bonchev–Trinajstić information content (AvgIpc) is 3.39. The van der Waals surface area contributed by atoms with Crippen molar-refractivity contribution < 1.29 is 14.3 Å². The fourth-order valence-electron chi connectivity index (χ4n) is 3.87. The molecule has 4 N–H and O–H groups in total. The highest BCUT2D eigenvalue weighted by Gasteiger charge is 2.17. The number of ether oxygens (including phenoxy) is 1. The maximum absolute atomic E-state index is 12.1. The predicted octanol–water partition coefficient (Wildman–Crippen LogP) is 3.72. The fraction of sp³-hybridized carbons (Fsp3) is 0.280. The second kappa shape index (κ2) is 10.7. The summed E-state index contributed by atoms with van der Waals surface area (Å²) >= 11 is 0. The topological polar surface area (TPSA) is 129 Å². The first kappa shape index (κ1) is 23.8. The number of imidazole rings is 1. The van der Waals surface area contributed by atoms with Gasteiger partial charge in [0, 0.05) is 25.7 Å². The first-order valence-electron chi connectivity index (χ1n) is 11.5. The molecule has 0 aliphatic rings. The van der Waals surface area contributed by atoms with Gasteiger partial charge in [-0.2, -0.15) is 5.10 Å². The smallest absolute Gasteiger partial charge is 0.407 e. The Kier molecular flexibility index (Phi) is 7.30. The molecule has 2 aromatic heterocycles. The van der Waals surface area contributed by atoms with Gasteiger partial charge in [-0.1, -0.05) is 36.4 Å². The summed E-state index contributed by atoms with van der Waals surface area (Å²) in [6, 6.07) is 16.8. The molecule has 2 aromatic carbocycles. The Balaban J connectivity index is 1.47. The lowest BCUT2D eigenvalue weighted by molar-refractivity contribution is 0.100. The molecule has 0 radical (unpaired) electrons. The van der Waals surface area contributed by atoms with Crippen molar-refractivity contribution in [2.24, 2.45) is 5.73 Å². The van der Waals surface area contributed by atoms with Crippen molar-refractivity contribution in [3.05, 3.63) is 71.4 Å². The molecule has 10 nitrogen and oxygen atoms in total. The van der Waals surface area contributed by atoms with Crippen LogP contribution < -0.4 is 16.4 Å². The average molecular weight is 476 g/mol. The van der Waals surface area contributed by atoms with E-state index in [0.29, 0.717) is 43.1 Å². The number of nitrogens with one attached hydrogen (secondary N) is 2. The molecule has 182 valence electrons. The van der Waals surface area contributed by atoms with Crippen LogP contribution in [-0.2, 0) is 24.4 Å². The predicted molar refractivity (Wildman–Crippen MR) is 133 cm³/mol. The third-order valence-corrected chi connectivity index (χ3v) is 5.53. The largest absolute Gasteiger partial charge is 0.445 e. The summed E-state index contributed by atoms with van der Waals surface area (Å²) < 4.78 is 9.08. The van der Waals surface area contributed by atoms with Crippen molar-refractivity contribution >= 4 is 34.8 Å². The number of alkyl carbamates (subject to hydrolysis) is 1. The van der Waals surface area contributed by atoms with E-state index in [0.717, 1.165) is 22.6 Å². The highest BCUT2D eigenvalue weighted by atomic mass is 16.5. The highest BCUT2D eigenvalue weighted by Crippen LogP contribution is 2.26. The Morgan fingerprint density at radius 2 is 1.91 bits per heavy atom. The Bertz CT molecular complexity index is 1330. The molecule has 10 heteroatoms. The van der Waals surface area contributed by atoms with Gasteiger partial charge in [0.1, 0.15) is 17.9 Å². The molecule has 2 amide bonds. The number of carbonyl (C=O) groups excluding carboxylic acids is 2. The standard InChI is InChI=1S/C25H29N7O3/c1-3-32-21(15-17(2)30-32)28-24-29-22-19(23(26)33)11-7-12-20(22)31(24)14-8-13-27-25(34)35-16-18-9-5-4-6-10-18/h4-7,9-12,15H,3,8,13-14,16H2,1-2H3,(H2,26,33)(H,27,34)(H,28,29). The number of hydrogen-bond acceptors (Lipinski definition) is 6. The Morgan fingerprint density at radius 3 is 2.66 bits per heavy atom. The van der Waals surface area contributed by atoms with Crippen molar-refractivity contribution in [3.63, 3.8) is 0 Å². The van der Waals surface area contributed by atoms with E-state index >= 15 is 0 Å². The molecule has 2 heterocycles. The van der Waals surface area contributed by atoms with Crippen LogP contribution in [-0.4, -0.2) is 37.9 Å². The van der Waals surface area contributed by atoms with Gasteiger partial charge >= 0.3 is 6.09 Å². The third kappa shape index (κ3) is 5.60. The van der Waals surface area contributed by atoms with Gasteiger partial charge in [-0.05, 0) is 38.0 Å². The van der Waals surface area contributed by atoms with Gasteiger partial charge in [-0.25, -0.2) is 14.5 Å². The molecule has 0 unspecified atom stereocenters. The van der Waals surface area contributed by atoms with Crippen LogP contribution in [0.5, 0.6) is 0 Å². The Morgan fingerprint density at radius 1 is 1.11 bits per heavy atom. The van der Waals surface area contributed by atoms with Gasteiger partial charge in [0.15, 0.2) is 0 Å². The molecule has 4 aromatic rings. The van der Waals surface area contributed by atoms with E-state index in [1.54, 1.807) is 12.1 Å². The Labute approximate surface area is 203 Å². The van der Waals surface area contributed by atoms with Gasteiger partial charge in [0.2, 0.25) is 5.95 Å². The molecule has 4 rings (SSSR count). The minimum atomic E-state index is -0.538. The maximum atomic E-state index is 12.1. The second-order valence-electron chi connectivity index (χ2n) is 8.08. The summed E-state index contributed by atoms with van der Waals surface area (Å²) in [4.78, 5) is 28.7. The summed E-state index contributed by atoms with van der Waals surface area (Å²) in [7, 11) is 0. The van der Waals surface area contributed by atoms with Crippen molar-refractivity contribution in [2.75, 3.05) is 11.9 Å². The number of benzene rings is 2. The third-order valence-electron chi connectivity index (χ3n) is 5.53. The molecular formula is C25H29N7O3. The first-order valence-corrected chi connectivity index (χ1v) is 11.5. The van der Waals surface area contributed by atoms with Crippen LogP contribution in [0.25, 0.3) is 11.0 Å². The Hall–Kier alpha value is -4.34. The summed E-state index contributed by atoms with van der Waals surface area (Å²) in [5, 5.41) is 10.6. The molecule has 35 heavy (non-hydrogen) atoms. The number of aryl methyl sites for hydroxylation is 3. The zero-order valence-electron chi connectivity index (χ0n) is 19.8. The zero-order valence-corrected chi connectivity index (χ0v) is 19.8. The second-order valence-corrected chi connectivity index (χ2v) is 8.08. The van der Waals surface area contributed by atoms with E-state index in [1.165, 1.54) is 0 Å². The molecule has 0 aliphatic carbocycles. The SMILES string of the molecule is CCn1nc(C)cc1Nc1nc2c(C(N)=O)cccc2n1CCCNC(=O)OCc1ccccc1. The van der Waals surface area contributed by atoms with Gasteiger partial charge in [0.05, 0.1) is 16.8 Å². The highest BCUT2D eigenvalue weighted by molar-refractivity contribution is 6.04. The number of nitrogens with two attached hydrogens (primary N) is 1. The summed E-state index contributed by atoms with van der Waals surface area (Å²) in [6.07, 6.45) is 0.147. The number of primary amides is 1. The number of para-hydroxylation sites is 1. The van der Waals surface area contributed by atoms with Crippen molar-refractivity contribution in [1.29, 1.82) is 0 Å². The molecule has 0 aliphatic heterocycles. The van der Waals surface area contributed by atoms with Gasteiger partial charge in [-0.3, -0.25) is 4.79 Å². The van der Waals surface area contributed by atoms with Gasteiger partial charge in [-0.15, -0.1) is 0 Å². The van der Waals surface area contributed by atoms with Crippen LogP contribution in [0.2, 0.25) is 0 Å². The molecule has 0 saturated heterocycles. The summed E-state index contributed by atoms with van der Waals surface area (Å²) in [5.74, 6) is 0.823. The number of anilines is 2. The van der Waals surface area contributed by atoms with Gasteiger partial charge in [0.25, 0.3) is 5.91 Å². The summed E-state index contributed by atoms with van der Waals surface area (Å²) in [5.41, 5.74) is 9.04. The quantitative estimate of drug-likeness (QED) is 0.300. The van der Waals surface area contributed by atoms with Crippen LogP contribution in [0.4, 0.5) is 16.6 Å². The van der Waals surface area contributed by atoms with Crippen molar-refractivity contribution in [2.45, 2.75) is 40.0 Å². The maximum Gasteiger partial charge on any atom is 0.407 e. The number of rotatable bonds is 10. The van der Waals surface area contributed by atoms with E-state index in [1.807, 2.05) is 65.6 Å². The van der Waals surface area contributed by atoms with E-state index < -0.39 is 12.0 Å². The lowest BCUT2D eigenvalue weighted by Gasteiger charge is -2.12. The molecular weight excluding hydrogens is 446 g/mol. The number of carbonyl (C=O) groups is 2. The first-order chi connectivity index (χ1) is 17.0. The van der Waals surface area contributed by atoms with Crippen LogP contribution in [0.1, 0.15) is 35.0 Å². The fourth-order valence-corrected chi connectivity index (χ4v) is 3.87. The summed E-state index contributed by atoms with van der Waals surface area (Å²) in [6.45, 7) is 5.79. The normalized spacial score (nSPS) is 10.9. The molecule has 0 spiro atoms. The molecule has 0 saturated carbocycles.